The minimum Gasteiger partial charge on any atom is -0.277 e. The molecule has 0 saturated carbocycles. The second kappa shape index (κ2) is 6.48. The van der Waals surface area contributed by atoms with Gasteiger partial charge in [0, 0.05) is 9.90 Å². The largest absolute Gasteiger partial charge is 0.277 e. The van der Waals surface area contributed by atoms with Gasteiger partial charge >= 0.3 is 0 Å². The zero-order chi connectivity index (χ0) is 13.0. The van der Waals surface area contributed by atoms with Crippen molar-refractivity contribution in [1.29, 1.82) is 0 Å². The molecule has 0 aliphatic rings. The van der Waals surface area contributed by atoms with E-state index in [9.17, 15) is 0 Å². The highest BCUT2D eigenvalue weighted by molar-refractivity contribution is 8.00. The Morgan fingerprint density at radius 3 is 2.78 bits per heavy atom. The Kier molecular flexibility index (Phi) is 4.95. The molecule has 2 aromatic rings. The number of hydrogen-bond acceptors (Lipinski definition) is 4. The van der Waals surface area contributed by atoms with Gasteiger partial charge in [0.25, 0.3) is 0 Å². The van der Waals surface area contributed by atoms with Gasteiger partial charge in [-0.2, -0.15) is 5.10 Å². The predicted octanol–water partition coefficient (Wildman–Crippen LogP) is 5.22. The Balaban J connectivity index is 2.02. The first-order valence-electron chi connectivity index (χ1n) is 5.07. The monoisotopic (exact) mass is 316 g/mol. The summed E-state index contributed by atoms with van der Waals surface area (Å²) in [5.41, 5.74) is 3.63. The molecule has 0 aliphatic carbocycles. The van der Waals surface area contributed by atoms with Gasteiger partial charge in [-0.25, -0.2) is 0 Å². The van der Waals surface area contributed by atoms with Gasteiger partial charge in [-0.15, -0.1) is 23.1 Å². The van der Waals surface area contributed by atoms with E-state index in [1.54, 1.807) is 47.5 Å². The lowest BCUT2D eigenvalue weighted by atomic mass is 10.3. The lowest BCUT2D eigenvalue weighted by Gasteiger charge is -2.02. The van der Waals surface area contributed by atoms with Crippen molar-refractivity contribution in [3.8, 4) is 0 Å². The van der Waals surface area contributed by atoms with Crippen LogP contribution < -0.4 is 5.43 Å². The van der Waals surface area contributed by atoms with E-state index in [0.29, 0.717) is 10.0 Å². The number of thiophene rings is 1. The predicted molar refractivity (Wildman–Crippen MR) is 83.8 cm³/mol. The molecule has 0 aliphatic heterocycles. The molecule has 2 nitrogen and oxygen atoms in total. The summed E-state index contributed by atoms with van der Waals surface area (Å²) in [5.74, 6) is 0. The minimum absolute atomic E-state index is 0.552. The SMILES string of the molecule is CSc1ccc(C=NNc2ccc(Cl)cc2Cl)s1. The standard InChI is InChI=1S/C12H10Cl2N2S2/c1-17-12-5-3-9(18-12)7-15-16-11-4-2-8(13)6-10(11)14/h2-7,16H,1H3. The Bertz CT molecular complexity index is 567. The van der Waals surface area contributed by atoms with Crippen molar-refractivity contribution in [2.45, 2.75) is 4.21 Å². The molecule has 1 heterocycles. The van der Waals surface area contributed by atoms with Crippen LogP contribution in [0, 0.1) is 0 Å². The van der Waals surface area contributed by atoms with Crippen molar-refractivity contribution in [3.05, 3.63) is 45.3 Å². The van der Waals surface area contributed by atoms with E-state index in [-0.39, 0.29) is 0 Å². The molecular weight excluding hydrogens is 307 g/mol. The molecule has 0 atom stereocenters. The molecular formula is C12H10Cl2N2S2. The second-order valence-corrected chi connectivity index (χ2v) is 6.42. The zero-order valence-corrected chi connectivity index (χ0v) is 12.6. The first kappa shape index (κ1) is 13.7. The second-order valence-electron chi connectivity index (χ2n) is 3.36. The van der Waals surface area contributed by atoms with E-state index in [2.05, 4.69) is 22.8 Å². The Morgan fingerprint density at radius 2 is 2.11 bits per heavy atom. The van der Waals surface area contributed by atoms with Crippen LogP contribution in [0.15, 0.2) is 39.6 Å². The fraction of sp³-hybridized carbons (Fsp3) is 0.0833. The summed E-state index contributed by atoms with van der Waals surface area (Å²) < 4.78 is 1.26. The third-order valence-electron chi connectivity index (χ3n) is 2.11. The van der Waals surface area contributed by atoms with Gasteiger partial charge in [0.15, 0.2) is 0 Å². The van der Waals surface area contributed by atoms with E-state index >= 15 is 0 Å². The summed E-state index contributed by atoms with van der Waals surface area (Å²) in [4.78, 5) is 1.09. The summed E-state index contributed by atoms with van der Waals surface area (Å²) in [7, 11) is 0. The third kappa shape index (κ3) is 3.65. The lowest BCUT2D eigenvalue weighted by Crippen LogP contribution is -1.90. The molecule has 6 heteroatoms. The van der Waals surface area contributed by atoms with Gasteiger partial charge in [0.05, 0.1) is 21.1 Å². The number of rotatable bonds is 4. The smallest absolute Gasteiger partial charge is 0.0749 e. The van der Waals surface area contributed by atoms with Crippen LogP contribution in [-0.4, -0.2) is 12.5 Å². The highest BCUT2D eigenvalue weighted by atomic mass is 35.5. The van der Waals surface area contributed by atoms with Gasteiger partial charge < -0.3 is 0 Å². The van der Waals surface area contributed by atoms with Crippen LogP contribution >= 0.6 is 46.3 Å². The summed E-state index contributed by atoms with van der Waals surface area (Å²) in [6.07, 6.45) is 3.83. The van der Waals surface area contributed by atoms with E-state index in [0.717, 1.165) is 10.6 Å². The van der Waals surface area contributed by atoms with E-state index in [1.165, 1.54) is 4.21 Å². The summed E-state index contributed by atoms with van der Waals surface area (Å²) in [6.45, 7) is 0. The molecule has 0 saturated heterocycles. The fourth-order valence-electron chi connectivity index (χ4n) is 1.26. The van der Waals surface area contributed by atoms with E-state index in [1.807, 2.05) is 6.07 Å². The summed E-state index contributed by atoms with van der Waals surface area (Å²) in [6, 6.07) is 9.35. The van der Waals surface area contributed by atoms with Gasteiger partial charge in [-0.3, -0.25) is 5.43 Å². The molecule has 0 amide bonds. The van der Waals surface area contributed by atoms with Crippen LogP contribution in [0.5, 0.6) is 0 Å². The van der Waals surface area contributed by atoms with Gasteiger partial charge in [0.1, 0.15) is 0 Å². The van der Waals surface area contributed by atoms with Gasteiger partial charge in [-0.05, 0) is 36.6 Å². The van der Waals surface area contributed by atoms with Crippen molar-refractivity contribution < 1.29 is 0 Å². The van der Waals surface area contributed by atoms with Crippen molar-refractivity contribution in [2.75, 3.05) is 11.7 Å². The molecule has 18 heavy (non-hydrogen) atoms. The van der Waals surface area contributed by atoms with E-state index < -0.39 is 0 Å². The number of halogens is 2. The molecule has 2 rings (SSSR count). The fourth-order valence-corrected chi connectivity index (χ4v) is 3.15. The topological polar surface area (TPSA) is 24.4 Å². The van der Waals surface area contributed by atoms with Crippen LogP contribution in [-0.2, 0) is 0 Å². The van der Waals surface area contributed by atoms with Crippen molar-refractivity contribution >= 4 is 58.2 Å². The van der Waals surface area contributed by atoms with Crippen LogP contribution in [0.1, 0.15) is 4.88 Å². The highest BCUT2D eigenvalue weighted by Gasteiger charge is 1.99. The molecule has 0 fully saturated rings. The Morgan fingerprint density at radius 1 is 1.28 bits per heavy atom. The number of benzene rings is 1. The van der Waals surface area contributed by atoms with Crippen molar-refractivity contribution in [3.63, 3.8) is 0 Å². The number of hydrogen-bond donors (Lipinski definition) is 1. The first-order valence-corrected chi connectivity index (χ1v) is 7.86. The van der Waals surface area contributed by atoms with E-state index in [4.69, 9.17) is 23.2 Å². The van der Waals surface area contributed by atoms with Crippen LogP contribution in [0.25, 0.3) is 0 Å². The third-order valence-corrected chi connectivity index (χ3v) is 4.76. The number of nitrogens with one attached hydrogen (secondary N) is 1. The first-order chi connectivity index (χ1) is 8.69. The average molecular weight is 317 g/mol. The maximum atomic E-state index is 6.02. The van der Waals surface area contributed by atoms with Crippen LogP contribution in [0.4, 0.5) is 5.69 Å². The summed E-state index contributed by atoms with van der Waals surface area (Å²) in [5, 5.41) is 5.31. The van der Waals surface area contributed by atoms with Crippen molar-refractivity contribution in [1.82, 2.24) is 0 Å². The maximum Gasteiger partial charge on any atom is 0.0749 e. The van der Waals surface area contributed by atoms with Crippen molar-refractivity contribution in [2.24, 2.45) is 5.10 Å². The normalized spacial score (nSPS) is 11.1. The lowest BCUT2D eigenvalue weighted by molar-refractivity contribution is 1.35. The molecule has 1 N–H and O–H groups in total. The number of anilines is 1. The number of thioether (sulfide) groups is 1. The quantitative estimate of drug-likeness (QED) is 0.475. The molecule has 0 spiro atoms. The molecule has 0 unspecified atom stereocenters. The Hall–Kier alpha value is -0.680. The van der Waals surface area contributed by atoms with Crippen LogP contribution in [0.3, 0.4) is 0 Å². The van der Waals surface area contributed by atoms with Crippen LogP contribution in [0.2, 0.25) is 10.0 Å². The summed E-state index contributed by atoms with van der Waals surface area (Å²) >= 11 is 15.2. The zero-order valence-electron chi connectivity index (χ0n) is 9.48. The molecule has 94 valence electrons. The van der Waals surface area contributed by atoms with Gasteiger partial charge in [-0.1, -0.05) is 23.2 Å². The Labute approximate surface area is 124 Å². The highest BCUT2D eigenvalue weighted by Crippen LogP contribution is 2.26. The number of nitrogens with zero attached hydrogens (tertiary/aromatic N) is 1. The minimum atomic E-state index is 0.552. The molecule has 0 radical (unpaired) electrons. The van der Waals surface area contributed by atoms with Gasteiger partial charge in [0.2, 0.25) is 0 Å². The average Bonchev–Trinajstić information content (AvgIpc) is 2.80. The molecule has 1 aromatic heterocycles. The molecule has 0 bridgehead atoms. The molecule has 1 aromatic carbocycles. The number of hydrazone groups is 1. The maximum absolute atomic E-state index is 6.02.